The fourth-order valence-electron chi connectivity index (χ4n) is 0.408. The number of aromatic nitrogens is 2. The van der Waals surface area contributed by atoms with Gasteiger partial charge in [-0.15, -0.1) is 0 Å². The van der Waals surface area contributed by atoms with Crippen LogP contribution in [0, 0.1) is 6.85 Å². The lowest BCUT2D eigenvalue weighted by molar-refractivity contribution is 1.06. The fraction of sp³-hybridized carbons (Fsp3) is 0.200. The van der Waals surface area contributed by atoms with Crippen molar-refractivity contribution in [3.63, 3.8) is 0 Å². The van der Waals surface area contributed by atoms with E-state index in [1.807, 2.05) is 0 Å². The third-order valence-corrected chi connectivity index (χ3v) is 0.843. The number of nitrogens with two attached hydrogens (primary N) is 1. The van der Waals surface area contributed by atoms with Crippen LogP contribution >= 0.6 is 0 Å². The maximum Gasteiger partial charge on any atom is 0.346 e. The highest BCUT2D eigenvalue weighted by Crippen LogP contribution is 1.97. The Hall–Kier alpha value is -1.32. The number of aromatic amines is 1. The van der Waals surface area contributed by atoms with Crippen molar-refractivity contribution in [1.29, 1.82) is 0 Å². The van der Waals surface area contributed by atoms with Crippen molar-refractivity contribution in [1.82, 2.24) is 9.97 Å². The number of hydrogen-bond acceptors (Lipinski definition) is 3. The van der Waals surface area contributed by atoms with Crippen molar-refractivity contribution in [2.75, 3.05) is 5.73 Å². The van der Waals surface area contributed by atoms with Crippen LogP contribution in [0.5, 0.6) is 0 Å². The molecule has 0 spiro atoms. The summed E-state index contributed by atoms with van der Waals surface area (Å²) in [6, 6.07) is 0. The molecule has 0 unspecified atom stereocenters. The molecular weight excluding hydrogens is 118 g/mol. The number of rotatable bonds is 0. The zero-order valence-electron chi connectivity index (χ0n) is 7.51. The highest BCUT2D eigenvalue weighted by molar-refractivity contribution is 5.34. The summed E-state index contributed by atoms with van der Waals surface area (Å²) in [4.78, 5) is 15.9. The molecule has 0 amide bonds. The highest BCUT2D eigenvalue weighted by atomic mass is 16.1. The summed E-state index contributed by atoms with van der Waals surface area (Å²) in [6.07, 6.45) is 0.959. The summed E-state index contributed by atoms with van der Waals surface area (Å²) in [7, 11) is 0. The van der Waals surface area contributed by atoms with Crippen molar-refractivity contribution in [3.05, 3.63) is 22.2 Å². The first-order valence-corrected chi connectivity index (χ1v) is 2.26. The number of hydrogen-bond donors (Lipinski definition) is 2. The molecule has 0 atom stereocenters. The third-order valence-electron chi connectivity index (χ3n) is 0.843. The van der Waals surface area contributed by atoms with E-state index in [2.05, 4.69) is 9.97 Å². The van der Waals surface area contributed by atoms with Crippen LogP contribution in [0.2, 0.25) is 0 Å². The fourth-order valence-corrected chi connectivity index (χ4v) is 0.408. The topological polar surface area (TPSA) is 71.8 Å². The summed E-state index contributed by atoms with van der Waals surface area (Å²) in [5.74, 6) is -0.157. The van der Waals surface area contributed by atoms with Crippen LogP contribution in [0.3, 0.4) is 0 Å². The molecule has 0 aliphatic heterocycles. The first-order chi connectivity index (χ1) is 5.41. The van der Waals surface area contributed by atoms with E-state index in [4.69, 9.17) is 9.85 Å². The van der Waals surface area contributed by atoms with Crippen LogP contribution < -0.4 is 11.4 Å². The van der Waals surface area contributed by atoms with E-state index in [1.165, 1.54) is 0 Å². The molecule has 1 rings (SSSR count). The van der Waals surface area contributed by atoms with Crippen LogP contribution in [0.15, 0.2) is 11.0 Å². The summed E-state index contributed by atoms with van der Waals surface area (Å²) >= 11 is 0. The summed E-state index contributed by atoms with van der Waals surface area (Å²) in [6.45, 7) is -2.33. The maximum absolute atomic E-state index is 10.5. The normalized spacial score (nSPS) is 15.8. The van der Waals surface area contributed by atoms with Crippen molar-refractivity contribution >= 4 is 5.82 Å². The lowest BCUT2D eigenvalue weighted by Crippen LogP contribution is -2.12. The van der Waals surface area contributed by atoms with Crippen LogP contribution in [0.4, 0.5) is 5.82 Å². The van der Waals surface area contributed by atoms with Gasteiger partial charge in [0, 0.05) is 15.9 Å². The Balaban J connectivity index is 3.28. The number of anilines is 1. The van der Waals surface area contributed by atoms with Gasteiger partial charge in [-0.05, 0) is 6.85 Å². The molecule has 4 heteroatoms. The Morgan fingerprint density at radius 1 is 2.00 bits per heavy atom. The molecule has 0 radical (unpaired) electrons. The van der Waals surface area contributed by atoms with Gasteiger partial charge < -0.3 is 5.73 Å². The predicted molar refractivity (Wildman–Crippen MR) is 34.0 cm³/mol. The molecule has 0 aromatic carbocycles. The standard InChI is InChI=1S/C5H7N3O/c1-3-2-7-5(9)8-4(3)6/h2H,1H3,(H3,6,7,8,9)/i1D3. The van der Waals surface area contributed by atoms with Crippen molar-refractivity contribution in [2.24, 2.45) is 0 Å². The Morgan fingerprint density at radius 2 is 2.78 bits per heavy atom. The molecule has 0 aliphatic carbocycles. The van der Waals surface area contributed by atoms with Gasteiger partial charge in [-0.25, -0.2) is 9.78 Å². The SMILES string of the molecule is [2H]C([2H])([2H])c1cnc(=O)[nH]c1N. The first-order valence-electron chi connectivity index (χ1n) is 3.76. The number of nitrogens with zero attached hydrogens (tertiary/aromatic N) is 1. The van der Waals surface area contributed by atoms with E-state index >= 15 is 0 Å². The van der Waals surface area contributed by atoms with Crippen LogP contribution in [-0.4, -0.2) is 9.97 Å². The van der Waals surface area contributed by atoms with Gasteiger partial charge >= 0.3 is 5.69 Å². The van der Waals surface area contributed by atoms with E-state index in [1.54, 1.807) is 0 Å². The van der Waals surface area contributed by atoms with Gasteiger partial charge in [0.05, 0.1) is 0 Å². The van der Waals surface area contributed by atoms with Gasteiger partial charge in [0.2, 0.25) is 0 Å². The van der Waals surface area contributed by atoms with Crippen LogP contribution in [0.1, 0.15) is 9.68 Å². The van der Waals surface area contributed by atoms with Gasteiger partial charge in [0.1, 0.15) is 5.82 Å². The van der Waals surface area contributed by atoms with Crippen molar-refractivity contribution in [2.45, 2.75) is 6.85 Å². The minimum absolute atomic E-state index is 0.137. The summed E-state index contributed by atoms with van der Waals surface area (Å²) < 4.78 is 20.9. The largest absolute Gasteiger partial charge is 0.385 e. The van der Waals surface area contributed by atoms with Gasteiger partial charge in [-0.3, -0.25) is 4.98 Å². The van der Waals surface area contributed by atoms with Gasteiger partial charge in [-0.2, -0.15) is 0 Å². The molecule has 0 aliphatic rings. The van der Waals surface area contributed by atoms with Crippen LogP contribution in [-0.2, 0) is 0 Å². The van der Waals surface area contributed by atoms with Gasteiger partial charge in [-0.1, -0.05) is 0 Å². The van der Waals surface area contributed by atoms with Crippen molar-refractivity contribution < 1.29 is 4.11 Å². The Kier molecular flexibility index (Phi) is 0.631. The summed E-state index contributed by atoms with van der Waals surface area (Å²) in [5.41, 5.74) is 4.46. The number of aryl methyl sites for hydroxylation is 1. The molecule has 1 aromatic heterocycles. The monoisotopic (exact) mass is 128 g/mol. The Morgan fingerprint density at radius 3 is 3.33 bits per heavy atom. The Labute approximate surface area is 56.0 Å². The molecule has 1 heterocycles. The quantitative estimate of drug-likeness (QED) is 0.502. The molecule has 1 aromatic rings. The predicted octanol–water partition coefficient (Wildman–Crippen LogP) is -0.339. The molecule has 4 nitrogen and oxygen atoms in total. The smallest absolute Gasteiger partial charge is 0.346 e. The first kappa shape index (κ1) is 3.00. The zero-order chi connectivity index (χ0) is 9.35. The zero-order valence-corrected chi connectivity index (χ0v) is 4.51. The third kappa shape index (κ3) is 1.07. The average Bonchev–Trinajstić information content (AvgIpc) is 1.83. The van der Waals surface area contributed by atoms with Gasteiger partial charge in [0.25, 0.3) is 0 Å². The van der Waals surface area contributed by atoms with E-state index < -0.39 is 12.5 Å². The van der Waals surface area contributed by atoms with Crippen molar-refractivity contribution in [3.8, 4) is 0 Å². The summed E-state index contributed by atoms with van der Waals surface area (Å²) in [5, 5.41) is 0. The lowest BCUT2D eigenvalue weighted by Gasteiger charge is -1.93. The molecule has 48 valence electrons. The number of nitrogen functional groups attached to an aromatic ring is 1. The van der Waals surface area contributed by atoms with Crippen LogP contribution in [0.25, 0.3) is 0 Å². The molecule has 0 fully saturated rings. The number of H-pyrrole nitrogens is 1. The molecule has 9 heavy (non-hydrogen) atoms. The number of nitrogens with one attached hydrogen (secondary N) is 1. The molecule has 0 saturated carbocycles. The average molecular weight is 128 g/mol. The minimum atomic E-state index is -2.33. The van der Waals surface area contributed by atoms with E-state index in [9.17, 15) is 4.79 Å². The van der Waals surface area contributed by atoms with Gasteiger partial charge in [0.15, 0.2) is 0 Å². The molecular formula is C5H7N3O. The molecule has 3 N–H and O–H groups in total. The van der Waals surface area contributed by atoms with E-state index in [-0.39, 0.29) is 11.4 Å². The maximum atomic E-state index is 10.5. The molecule has 0 bridgehead atoms. The Bertz CT molecular complexity index is 343. The van der Waals surface area contributed by atoms with E-state index in [0.717, 1.165) is 6.20 Å². The minimum Gasteiger partial charge on any atom is -0.385 e. The highest BCUT2D eigenvalue weighted by Gasteiger charge is 1.90. The second-order valence-corrected chi connectivity index (χ2v) is 1.52. The van der Waals surface area contributed by atoms with E-state index in [0.29, 0.717) is 0 Å². The second-order valence-electron chi connectivity index (χ2n) is 1.52. The molecule has 0 saturated heterocycles. The second kappa shape index (κ2) is 1.89. The lowest BCUT2D eigenvalue weighted by atomic mass is 10.4.